The maximum Gasteiger partial charge on any atom is 0.416 e. The molecule has 2 heterocycles. The molecular formula is C43H37Br2F4N2O2+. The number of aliphatic hydroxyl groups is 1. The summed E-state index contributed by atoms with van der Waals surface area (Å²) in [5.74, 6) is -0.936. The Morgan fingerprint density at radius 2 is 1.43 bits per heavy atom. The normalized spacial score (nSPS) is 19.0. The number of ketones is 1. The second-order valence-electron chi connectivity index (χ2n) is 14.7. The van der Waals surface area contributed by atoms with E-state index < -0.39 is 22.6 Å². The number of nitrogens with zero attached hydrogens (tertiary/aromatic N) is 2. The molecule has 4 aromatic carbocycles. The standard InChI is InChI=1S/C43H36Br2F4N2O2/c1-41(2)31-15-13-27(43(47,48)49)21-35(31)50(19-17-25-9-5-7-11-33(25)44)37(41)23-29-39(52)30(40(29)53)24-38-42(3,4)32-16-14-28(46)22-36(32)51(38)20-18-26-10-6-8-12-34(26)45/h5-16,21-24H,17-20H2,1-4H3/p+1. The number of benzene rings is 4. The van der Waals surface area contributed by atoms with Crippen molar-refractivity contribution in [1.29, 1.82) is 0 Å². The Bertz CT molecular complexity index is 2320. The lowest BCUT2D eigenvalue weighted by Crippen LogP contribution is -2.32. The third-order valence-corrected chi connectivity index (χ3v) is 12.3. The molecule has 3 aliphatic rings. The van der Waals surface area contributed by atoms with Crippen LogP contribution in [0.5, 0.6) is 0 Å². The highest BCUT2D eigenvalue weighted by molar-refractivity contribution is 9.10. The zero-order chi connectivity index (χ0) is 38.0. The van der Waals surface area contributed by atoms with E-state index in [0.29, 0.717) is 48.6 Å². The van der Waals surface area contributed by atoms with Crippen LogP contribution in [0.1, 0.15) is 55.5 Å². The molecular weight excluding hydrogens is 812 g/mol. The Labute approximate surface area is 323 Å². The van der Waals surface area contributed by atoms with Crippen molar-refractivity contribution in [2.75, 3.05) is 18.0 Å². The summed E-state index contributed by atoms with van der Waals surface area (Å²) in [6.07, 6.45) is -0.0617. The van der Waals surface area contributed by atoms with Crippen LogP contribution in [0.15, 0.2) is 129 Å². The lowest BCUT2D eigenvalue weighted by atomic mass is 9.77. The summed E-state index contributed by atoms with van der Waals surface area (Å²) in [7, 11) is 0. The topological polar surface area (TPSA) is 43.6 Å². The van der Waals surface area contributed by atoms with Crippen molar-refractivity contribution in [3.8, 4) is 0 Å². The molecule has 0 radical (unpaired) electrons. The van der Waals surface area contributed by atoms with Gasteiger partial charge in [0.2, 0.25) is 11.5 Å². The molecule has 272 valence electrons. The van der Waals surface area contributed by atoms with Crippen LogP contribution in [0, 0.1) is 5.82 Å². The first-order valence-corrected chi connectivity index (χ1v) is 18.9. The first-order valence-electron chi connectivity index (χ1n) is 17.3. The van der Waals surface area contributed by atoms with Crippen LogP contribution >= 0.6 is 31.9 Å². The van der Waals surface area contributed by atoms with Crippen LogP contribution < -0.4 is 4.90 Å². The van der Waals surface area contributed by atoms with E-state index in [1.54, 1.807) is 18.2 Å². The van der Waals surface area contributed by atoms with Gasteiger partial charge in [-0.05, 0) is 79.4 Å². The molecule has 1 N–H and O–H groups in total. The van der Waals surface area contributed by atoms with Crippen LogP contribution in [0.3, 0.4) is 0 Å². The number of carbonyl (C=O) groups excluding carboxylic acids is 1. The number of Topliss-reactive ketones (excluding diaryl/α,β-unsaturated/α-hetero) is 1. The van der Waals surface area contributed by atoms with Gasteiger partial charge in [-0.2, -0.15) is 17.7 Å². The summed E-state index contributed by atoms with van der Waals surface area (Å²) in [6, 6.07) is 24.0. The maximum atomic E-state index is 14.7. The molecule has 53 heavy (non-hydrogen) atoms. The Hall–Kier alpha value is -4.28. The lowest BCUT2D eigenvalue weighted by Gasteiger charge is -2.29. The fraction of sp³-hybridized carbons (Fsp3) is 0.256. The SMILES string of the molecule is CC1(C)C(/C=C2/C(=O)C(/C=C3\N(CCc4ccccc4Br)c4cc(C(F)(F)F)ccc4C3(C)C)=C2O)=[N+](CCc2ccccc2Br)c2cc(F)ccc21. The molecule has 0 saturated heterocycles. The summed E-state index contributed by atoms with van der Waals surface area (Å²) in [6.45, 7) is 8.68. The van der Waals surface area contributed by atoms with Gasteiger partial charge in [0.25, 0.3) is 0 Å². The van der Waals surface area contributed by atoms with E-state index in [1.165, 1.54) is 24.3 Å². The maximum absolute atomic E-state index is 14.7. The molecule has 0 saturated carbocycles. The van der Waals surface area contributed by atoms with Crippen molar-refractivity contribution < 1.29 is 32.0 Å². The van der Waals surface area contributed by atoms with Crippen LogP contribution in [0.4, 0.5) is 28.9 Å². The smallest absolute Gasteiger partial charge is 0.416 e. The minimum Gasteiger partial charge on any atom is -0.506 e. The molecule has 7 rings (SSSR count). The van der Waals surface area contributed by atoms with Crippen LogP contribution in [0.25, 0.3) is 0 Å². The zero-order valence-corrected chi connectivity index (χ0v) is 32.8. The molecule has 0 unspecified atom stereocenters. The van der Waals surface area contributed by atoms with Gasteiger partial charge in [0, 0.05) is 56.4 Å². The molecule has 0 spiro atoms. The number of carbonyl (C=O) groups is 1. The molecule has 0 bridgehead atoms. The van der Waals surface area contributed by atoms with Crippen LogP contribution in [0.2, 0.25) is 0 Å². The number of fused-ring (bicyclic) bond motifs is 2. The van der Waals surface area contributed by atoms with Gasteiger partial charge in [-0.3, -0.25) is 4.79 Å². The third kappa shape index (κ3) is 6.52. The zero-order valence-electron chi connectivity index (χ0n) is 29.6. The molecule has 0 atom stereocenters. The largest absolute Gasteiger partial charge is 0.506 e. The van der Waals surface area contributed by atoms with E-state index in [4.69, 9.17) is 0 Å². The first kappa shape index (κ1) is 37.1. The highest BCUT2D eigenvalue weighted by Crippen LogP contribution is 2.51. The van der Waals surface area contributed by atoms with Gasteiger partial charge in [-0.15, -0.1) is 0 Å². The molecule has 1 aliphatic carbocycles. The van der Waals surface area contributed by atoms with E-state index in [1.807, 2.05) is 85.7 Å². The predicted octanol–water partition coefficient (Wildman–Crippen LogP) is 11.2. The Kier molecular flexibility index (Phi) is 9.46. The highest BCUT2D eigenvalue weighted by atomic mass is 79.9. The number of hydrogen-bond donors (Lipinski definition) is 1. The number of aliphatic hydroxyl groups excluding tert-OH is 1. The Morgan fingerprint density at radius 3 is 2.06 bits per heavy atom. The van der Waals surface area contributed by atoms with Crippen molar-refractivity contribution in [3.63, 3.8) is 0 Å². The first-order chi connectivity index (χ1) is 25.0. The summed E-state index contributed by atoms with van der Waals surface area (Å²) in [5, 5.41) is 11.6. The molecule has 0 aromatic heterocycles. The number of hydrogen-bond acceptors (Lipinski definition) is 3. The van der Waals surface area contributed by atoms with E-state index in [2.05, 4.69) is 31.9 Å². The monoisotopic (exact) mass is 847 g/mol. The molecule has 4 aromatic rings. The van der Waals surface area contributed by atoms with Gasteiger partial charge in [-0.1, -0.05) is 88.2 Å². The predicted molar refractivity (Wildman–Crippen MR) is 208 cm³/mol. The average molecular weight is 850 g/mol. The summed E-state index contributed by atoms with van der Waals surface area (Å²) >= 11 is 7.20. The Morgan fingerprint density at radius 1 is 0.811 bits per heavy atom. The highest BCUT2D eigenvalue weighted by Gasteiger charge is 2.48. The second kappa shape index (κ2) is 13.5. The molecule has 4 nitrogen and oxygen atoms in total. The van der Waals surface area contributed by atoms with Crippen molar-refractivity contribution in [2.24, 2.45) is 0 Å². The van der Waals surface area contributed by atoms with Gasteiger partial charge in [0.05, 0.1) is 22.1 Å². The summed E-state index contributed by atoms with van der Waals surface area (Å²) in [4.78, 5) is 15.9. The van der Waals surface area contributed by atoms with Gasteiger partial charge in [0.1, 0.15) is 11.6 Å². The minimum absolute atomic E-state index is 0.0915. The number of halogens is 6. The van der Waals surface area contributed by atoms with E-state index in [0.717, 1.165) is 37.4 Å². The van der Waals surface area contributed by atoms with Crippen LogP contribution in [-0.4, -0.2) is 34.3 Å². The van der Waals surface area contributed by atoms with Gasteiger partial charge in [0.15, 0.2) is 12.3 Å². The average Bonchev–Trinajstić information content (AvgIpc) is 3.45. The number of allylic oxidation sites excluding steroid dienone is 5. The van der Waals surface area contributed by atoms with Gasteiger partial charge >= 0.3 is 6.18 Å². The second-order valence-corrected chi connectivity index (χ2v) is 16.4. The summed E-state index contributed by atoms with van der Waals surface area (Å²) < 4.78 is 60.4. The van der Waals surface area contributed by atoms with Crippen LogP contribution in [-0.2, 0) is 34.6 Å². The molecule has 0 fully saturated rings. The van der Waals surface area contributed by atoms with E-state index in [9.17, 15) is 27.5 Å². The molecule has 2 aliphatic heterocycles. The van der Waals surface area contributed by atoms with Crippen molar-refractivity contribution >= 4 is 54.7 Å². The van der Waals surface area contributed by atoms with Crippen molar-refractivity contribution in [1.82, 2.24) is 0 Å². The van der Waals surface area contributed by atoms with Crippen molar-refractivity contribution in [3.05, 3.63) is 162 Å². The van der Waals surface area contributed by atoms with Gasteiger partial charge < -0.3 is 10.0 Å². The minimum atomic E-state index is -4.53. The summed E-state index contributed by atoms with van der Waals surface area (Å²) in [5.41, 5.74) is 4.20. The van der Waals surface area contributed by atoms with E-state index >= 15 is 0 Å². The fourth-order valence-corrected chi connectivity index (χ4v) is 8.74. The third-order valence-electron chi connectivity index (χ3n) is 10.8. The number of anilines is 1. The number of rotatable bonds is 8. The lowest BCUT2D eigenvalue weighted by molar-refractivity contribution is -0.437. The van der Waals surface area contributed by atoms with E-state index in [-0.39, 0.29) is 28.5 Å². The molecule has 0 amide bonds. The molecule has 10 heteroatoms. The quantitative estimate of drug-likeness (QED) is 0.109. The fourth-order valence-electron chi connectivity index (χ4n) is 7.78. The number of alkyl halides is 3. The van der Waals surface area contributed by atoms with Crippen molar-refractivity contribution in [2.45, 2.75) is 57.5 Å². The Balaban J connectivity index is 1.30. The van der Waals surface area contributed by atoms with Gasteiger partial charge in [-0.25, -0.2) is 4.39 Å².